The minimum atomic E-state index is -0.605. The second kappa shape index (κ2) is 8.31. The summed E-state index contributed by atoms with van der Waals surface area (Å²) in [6, 6.07) is 11.0. The molecule has 6 heteroatoms. The van der Waals surface area contributed by atoms with Gasteiger partial charge in [0.05, 0.1) is 16.8 Å². The van der Waals surface area contributed by atoms with Gasteiger partial charge in [-0.3, -0.25) is 9.59 Å². The Morgan fingerprint density at radius 3 is 2.56 bits per heavy atom. The highest BCUT2D eigenvalue weighted by Gasteiger charge is 2.28. The van der Waals surface area contributed by atoms with Crippen LogP contribution in [0.3, 0.4) is 0 Å². The van der Waals surface area contributed by atoms with E-state index in [0.717, 1.165) is 24.8 Å². The Hall–Kier alpha value is -2.73. The second-order valence-corrected chi connectivity index (χ2v) is 6.94. The monoisotopic (exact) mass is 369 g/mol. The van der Waals surface area contributed by atoms with E-state index in [-0.39, 0.29) is 23.4 Å². The van der Waals surface area contributed by atoms with Gasteiger partial charge in [-0.2, -0.15) is 0 Å². The Bertz CT molecular complexity index is 853. The fourth-order valence-electron chi connectivity index (χ4n) is 3.60. The molecule has 27 heavy (non-hydrogen) atoms. The summed E-state index contributed by atoms with van der Waals surface area (Å²) in [5.74, 6) is -1.17. The molecular formula is C21H24FN3O2. The molecule has 1 fully saturated rings. The number of hydrogen-bond donors (Lipinski definition) is 3. The Morgan fingerprint density at radius 2 is 1.81 bits per heavy atom. The van der Waals surface area contributed by atoms with Crippen LogP contribution in [0.25, 0.3) is 0 Å². The lowest BCUT2D eigenvalue weighted by atomic mass is 10.0. The molecule has 1 saturated carbocycles. The van der Waals surface area contributed by atoms with E-state index in [1.54, 1.807) is 31.2 Å². The van der Waals surface area contributed by atoms with Gasteiger partial charge in [0.2, 0.25) is 0 Å². The van der Waals surface area contributed by atoms with Crippen LogP contribution in [0.15, 0.2) is 42.5 Å². The largest absolute Gasteiger partial charge is 0.349 e. The number of rotatable bonds is 5. The molecular weight excluding hydrogens is 345 g/mol. The zero-order valence-electron chi connectivity index (χ0n) is 15.3. The van der Waals surface area contributed by atoms with Crippen molar-refractivity contribution in [1.82, 2.24) is 5.32 Å². The van der Waals surface area contributed by atoms with Crippen LogP contribution >= 0.6 is 0 Å². The summed E-state index contributed by atoms with van der Waals surface area (Å²) in [6.45, 7) is 2.33. The molecule has 0 bridgehead atoms. The third kappa shape index (κ3) is 4.17. The average molecular weight is 369 g/mol. The number of nitrogens with one attached hydrogen (secondary N) is 2. The highest BCUT2D eigenvalue weighted by atomic mass is 19.1. The molecule has 3 rings (SSSR count). The number of aryl methyl sites for hydroxylation is 1. The first-order valence-electron chi connectivity index (χ1n) is 9.17. The minimum Gasteiger partial charge on any atom is -0.349 e. The summed E-state index contributed by atoms with van der Waals surface area (Å²) in [6.07, 6.45) is 2.94. The van der Waals surface area contributed by atoms with Gasteiger partial charge < -0.3 is 16.4 Å². The van der Waals surface area contributed by atoms with Crippen molar-refractivity contribution in [1.29, 1.82) is 0 Å². The van der Waals surface area contributed by atoms with E-state index in [9.17, 15) is 14.0 Å². The highest BCUT2D eigenvalue weighted by molar-refractivity contribution is 6.09. The van der Waals surface area contributed by atoms with Crippen molar-refractivity contribution < 1.29 is 14.0 Å². The first kappa shape index (κ1) is 19.0. The molecule has 1 aliphatic carbocycles. The molecule has 0 radical (unpaired) electrons. The van der Waals surface area contributed by atoms with E-state index in [2.05, 4.69) is 10.6 Å². The molecule has 142 valence electrons. The number of hydrogen-bond acceptors (Lipinski definition) is 3. The molecule has 1 aliphatic rings. The van der Waals surface area contributed by atoms with Crippen LogP contribution in [0.2, 0.25) is 0 Å². The molecule has 0 saturated heterocycles. The van der Waals surface area contributed by atoms with Crippen molar-refractivity contribution in [3.05, 3.63) is 65.0 Å². The van der Waals surface area contributed by atoms with Gasteiger partial charge in [-0.25, -0.2) is 4.39 Å². The molecule has 0 aliphatic heterocycles. The fourth-order valence-corrected chi connectivity index (χ4v) is 3.60. The van der Waals surface area contributed by atoms with Gasteiger partial charge in [0.1, 0.15) is 5.82 Å². The highest BCUT2D eigenvalue weighted by Crippen LogP contribution is 2.27. The number of carbonyl (C=O) groups is 2. The van der Waals surface area contributed by atoms with E-state index in [0.29, 0.717) is 17.8 Å². The number of carbonyl (C=O) groups excluding carboxylic acids is 2. The third-order valence-corrected chi connectivity index (χ3v) is 5.15. The zero-order chi connectivity index (χ0) is 19.4. The molecule has 4 N–H and O–H groups in total. The zero-order valence-corrected chi connectivity index (χ0v) is 15.3. The minimum absolute atomic E-state index is 0.0399. The van der Waals surface area contributed by atoms with Gasteiger partial charge in [-0.15, -0.1) is 0 Å². The lowest BCUT2D eigenvalue weighted by molar-refractivity contribution is 0.0929. The number of para-hydroxylation sites is 1. The van der Waals surface area contributed by atoms with E-state index < -0.39 is 11.7 Å². The summed E-state index contributed by atoms with van der Waals surface area (Å²) >= 11 is 0. The summed E-state index contributed by atoms with van der Waals surface area (Å²) in [4.78, 5) is 25.3. The number of nitrogens with two attached hydrogens (primary N) is 1. The van der Waals surface area contributed by atoms with E-state index in [1.165, 1.54) is 18.2 Å². The smallest absolute Gasteiger partial charge is 0.258 e. The van der Waals surface area contributed by atoms with Crippen LogP contribution in [0.1, 0.15) is 45.5 Å². The average Bonchev–Trinajstić information content (AvgIpc) is 3.10. The van der Waals surface area contributed by atoms with E-state index >= 15 is 0 Å². The normalized spacial score (nSPS) is 18.9. The number of benzene rings is 2. The molecule has 2 unspecified atom stereocenters. The first-order valence-corrected chi connectivity index (χ1v) is 9.17. The topological polar surface area (TPSA) is 84.2 Å². The van der Waals surface area contributed by atoms with Crippen LogP contribution in [-0.2, 0) is 0 Å². The van der Waals surface area contributed by atoms with Crippen molar-refractivity contribution in [2.45, 2.75) is 32.2 Å². The lowest BCUT2D eigenvalue weighted by Crippen LogP contribution is -2.40. The van der Waals surface area contributed by atoms with Crippen LogP contribution in [0, 0.1) is 18.7 Å². The summed E-state index contributed by atoms with van der Waals surface area (Å²) < 4.78 is 13.9. The van der Waals surface area contributed by atoms with Crippen LogP contribution in [-0.4, -0.2) is 24.4 Å². The van der Waals surface area contributed by atoms with Crippen LogP contribution in [0.4, 0.5) is 10.1 Å². The van der Waals surface area contributed by atoms with Crippen molar-refractivity contribution in [2.24, 2.45) is 11.7 Å². The van der Waals surface area contributed by atoms with Gasteiger partial charge in [-0.1, -0.05) is 30.7 Å². The standard InChI is InChI=1S/C21H24FN3O2/c1-13-6-4-9-16(21(27)24-18-11-5-7-14(18)12-23)19(13)25-20(26)15-8-2-3-10-17(15)22/h2-4,6,8-10,14,18H,5,7,11-12,23H2,1H3,(H,24,27)(H,25,26). The maximum Gasteiger partial charge on any atom is 0.258 e. The van der Waals surface area contributed by atoms with Crippen LogP contribution < -0.4 is 16.4 Å². The SMILES string of the molecule is Cc1cccc(C(=O)NC2CCCC2CN)c1NC(=O)c1ccccc1F. The predicted octanol–water partition coefficient (Wildman–Crippen LogP) is 3.24. The fraction of sp³-hybridized carbons (Fsp3) is 0.333. The Kier molecular flexibility index (Phi) is 5.86. The Balaban J connectivity index is 1.83. The van der Waals surface area contributed by atoms with E-state index in [4.69, 9.17) is 5.73 Å². The van der Waals surface area contributed by atoms with Crippen molar-refractivity contribution >= 4 is 17.5 Å². The summed E-state index contributed by atoms with van der Waals surface area (Å²) in [5.41, 5.74) is 7.22. The van der Waals surface area contributed by atoms with Crippen molar-refractivity contribution in [2.75, 3.05) is 11.9 Å². The third-order valence-electron chi connectivity index (χ3n) is 5.15. The number of anilines is 1. The molecule has 0 spiro atoms. The predicted molar refractivity (Wildman–Crippen MR) is 103 cm³/mol. The van der Waals surface area contributed by atoms with Crippen molar-refractivity contribution in [3.8, 4) is 0 Å². The molecule has 2 atom stereocenters. The maximum atomic E-state index is 13.9. The summed E-state index contributed by atoms with van der Waals surface area (Å²) in [7, 11) is 0. The molecule has 2 aromatic carbocycles. The molecule has 0 aromatic heterocycles. The molecule has 0 heterocycles. The molecule has 5 nitrogen and oxygen atoms in total. The maximum absolute atomic E-state index is 13.9. The Labute approximate surface area is 158 Å². The number of halogens is 1. The number of amides is 2. The van der Waals surface area contributed by atoms with Gasteiger partial charge >= 0.3 is 0 Å². The van der Waals surface area contributed by atoms with Gasteiger partial charge in [0.25, 0.3) is 11.8 Å². The molecule has 2 amide bonds. The van der Waals surface area contributed by atoms with E-state index in [1.807, 2.05) is 0 Å². The van der Waals surface area contributed by atoms with Crippen LogP contribution in [0.5, 0.6) is 0 Å². The van der Waals surface area contributed by atoms with Gasteiger partial charge in [0.15, 0.2) is 0 Å². The Morgan fingerprint density at radius 1 is 1.07 bits per heavy atom. The quantitative estimate of drug-likeness (QED) is 0.756. The second-order valence-electron chi connectivity index (χ2n) is 6.94. The van der Waals surface area contributed by atoms with Crippen molar-refractivity contribution in [3.63, 3.8) is 0 Å². The lowest BCUT2D eigenvalue weighted by Gasteiger charge is -2.21. The van der Waals surface area contributed by atoms with Gasteiger partial charge in [0, 0.05) is 6.04 Å². The summed E-state index contributed by atoms with van der Waals surface area (Å²) in [5, 5.41) is 5.75. The molecule has 2 aromatic rings. The van der Waals surface area contributed by atoms with Gasteiger partial charge in [-0.05, 0) is 56.0 Å². The first-order chi connectivity index (χ1) is 13.0.